The summed E-state index contributed by atoms with van der Waals surface area (Å²) in [6.07, 6.45) is 7.63. The Hall–Kier alpha value is -1.88. The van der Waals surface area contributed by atoms with Crippen molar-refractivity contribution in [2.75, 3.05) is 0 Å². The Bertz CT molecular complexity index is 351. The highest BCUT2D eigenvalue weighted by atomic mass is 16.1. The van der Waals surface area contributed by atoms with Crippen molar-refractivity contribution >= 4 is 6.29 Å². The van der Waals surface area contributed by atoms with Crippen molar-refractivity contribution in [3.63, 3.8) is 0 Å². The lowest BCUT2D eigenvalue weighted by molar-refractivity contribution is -0.104. The Kier molecular flexibility index (Phi) is 5.73. The first-order valence-corrected chi connectivity index (χ1v) is 4.23. The van der Waals surface area contributed by atoms with Gasteiger partial charge in [0.05, 0.1) is 5.57 Å². The molecule has 0 atom stereocenters. The molecule has 2 heteroatoms. The third-order valence-corrected chi connectivity index (χ3v) is 1.80. The quantitative estimate of drug-likeness (QED) is 0.294. The van der Waals surface area contributed by atoms with Crippen LogP contribution >= 0.6 is 0 Å². The maximum absolute atomic E-state index is 10.5. The van der Waals surface area contributed by atoms with Crippen LogP contribution in [-0.4, -0.2) is 6.29 Å². The van der Waals surface area contributed by atoms with Crippen LogP contribution < -0.4 is 0 Å². The van der Waals surface area contributed by atoms with Crippen molar-refractivity contribution in [1.82, 2.24) is 0 Å². The second kappa shape index (κ2) is 6.62. The Labute approximate surface area is 84.5 Å². The molecular weight excluding hydrogens is 174 g/mol. The van der Waals surface area contributed by atoms with Crippen LogP contribution in [0.3, 0.4) is 0 Å². The summed E-state index contributed by atoms with van der Waals surface area (Å²) in [5.74, 6) is 0. The van der Waals surface area contributed by atoms with E-state index in [2.05, 4.69) is 6.58 Å². The van der Waals surface area contributed by atoms with E-state index in [9.17, 15) is 4.79 Å². The minimum absolute atomic E-state index is 0.159. The third kappa shape index (κ3) is 3.24. The van der Waals surface area contributed by atoms with E-state index in [0.29, 0.717) is 11.9 Å². The second-order valence-electron chi connectivity index (χ2n) is 2.61. The van der Waals surface area contributed by atoms with E-state index in [4.69, 9.17) is 5.26 Å². The van der Waals surface area contributed by atoms with Gasteiger partial charge in [-0.1, -0.05) is 30.9 Å². The number of hydrogen-bond acceptors (Lipinski definition) is 2. The number of carbonyl (C=O) groups excluding carboxylic acids is 1. The summed E-state index contributed by atoms with van der Waals surface area (Å²) in [6, 6.07) is 1.85. The van der Waals surface area contributed by atoms with Crippen LogP contribution in [0.2, 0.25) is 0 Å². The molecule has 72 valence electrons. The first kappa shape index (κ1) is 12.1. The van der Waals surface area contributed by atoms with Gasteiger partial charge >= 0.3 is 0 Å². The summed E-state index contributed by atoms with van der Waals surface area (Å²) in [7, 11) is 0. The summed E-state index contributed by atoms with van der Waals surface area (Å²) in [4.78, 5) is 10.5. The molecule has 0 saturated carbocycles. The second-order valence-corrected chi connectivity index (χ2v) is 2.61. The molecule has 0 fully saturated rings. The number of nitriles is 1. The lowest BCUT2D eigenvalue weighted by Crippen LogP contribution is -1.90. The summed E-state index contributed by atoms with van der Waals surface area (Å²) < 4.78 is 0. The molecule has 0 aliphatic rings. The standard InChI is InChI=1S/C12H13NO/c1-4-6-7-11(5-2)10(3)12(8-13)9-14/h4-7,9H,1H2,2-3H3/b7-6-,11-5+,12-10+. The molecule has 0 aliphatic heterocycles. The predicted molar refractivity (Wildman–Crippen MR) is 57.5 cm³/mol. The number of aldehydes is 1. The molecule has 0 N–H and O–H groups in total. The summed E-state index contributed by atoms with van der Waals surface area (Å²) >= 11 is 0. The molecule has 14 heavy (non-hydrogen) atoms. The highest BCUT2D eigenvalue weighted by molar-refractivity contribution is 5.82. The molecule has 0 spiro atoms. The Morgan fingerprint density at radius 3 is 2.50 bits per heavy atom. The molecule has 0 heterocycles. The van der Waals surface area contributed by atoms with E-state index in [-0.39, 0.29) is 5.57 Å². The summed E-state index contributed by atoms with van der Waals surface area (Å²) in [6.45, 7) is 7.15. The van der Waals surface area contributed by atoms with E-state index in [1.807, 2.05) is 25.1 Å². The first-order chi connectivity index (χ1) is 6.71. The van der Waals surface area contributed by atoms with Crippen LogP contribution in [0, 0.1) is 11.3 Å². The largest absolute Gasteiger partial charge is 0.297 e. The molecular formula is C12H13NO. The van der Waals surface area contributed by atoms with E-state index in [1.54, 1.807) is 19.1 Å². The van der Waals surface area contributed by atoms with Gasteiger partial charge in [-0.2, -0.15) is 5.26 Å². The van der Waals surface area contributed by atoms with E-state index >= 15 is 0 Å². The Balaban J connectivity index is 5.18. The summed E-state index contributed by atoms with van der Waals surface area (Å²) in [5, 5.41) is 8.66. The number of rotatable bonds is 4. The molecule has 0 rings (SSSR count). The van der Waals surface area contributed by atoms with Crippen molar-refractivity contribution in [1.29, 1.82) is 5.26 Å². The average molecular weight is 187 g/mol. The SMILES string of the molecule is C=C\C=C/C(=C\C)C(/C)=C(\C#N)C=O. The fraction of sp³-hybridized carbons (Fsp3) is 0.167. The van der Waals surface area contributed by atoms with Gasteiger partial charge < -0.3 is 0 Å². The number of hydrogen-bond donors (Lipinski definition) is 0. The van der Waals surface area contributed by atoms with Gasteiger partial charge in [0.15, 0.2) is 6.29 Å². The van der Waals surface area contributed by atoms with E-state index in [0.717, 1.165) is 5.57 Å². The molecule has 0 saturated heterocycles. The van der Waals surface area contributed by atoms with E-state index in [1.165, 1.54) is 0 Å². The lowest BCUT2D eigenvalue weighted by Gasteiger charge is -2.01. The zero-order valence-electron chi connectivity index (χ0n) is 8.45. The van der Waals surface area contributed by atoms with Crippen molar-refractivity contribution in [2.45, 2.75) is 13.8 Å². The Morgan fingerprint density at radius 2 is 2.14 bits per heavy atom. The topological polar surface area (TPSA) is 40.9 Å². The minimum Gasteiger partial charge on any atom is -0.297 e. The van der Waals surface area contributed by atoms with Gasteiger partial charge in [-0.25, -0.2) is 0 Å². The van der Waals surface area contributed by atoms with Gasteiger partial charge in [0.2, 0.25) is 0 Å². The fourth-order valence-corrected chi connectivity index (χ4v) is 0.964. The fourth-order valence-electron chi connectivity index (χ4n) is 0.964. The van der Waals surface area contributed by atoms with E-state index < -0.39 is 0 Å². The van der Waals surface area contributed by atoms with Gasteiger partial charge in [0, 0.05) is 0 Å². The third-order valence-electron chi connectivity index (χ3n) is 1.80. The average Bonchev–Trinajstić information content (AvgIpc) is 2.21. The maximum atomic E-state index is 10.5. The maximum Gasteiger partial charge on any atom is 0.160 e. The molecule has 2 nitrogen and oxygen atoms in total. The van der Waals surface area contributed by atoms with Crippen molar-refractivity contribution in [3.8, 4) is 6.07 Å². The van der Waals surface area contributed by atoms with Gasteiger partial charge in [-0.15, -0.1) is 0 Å². The van der Waals surface area contributed by atoms with Crippen molar-refractivity contribution < 1.29 is 4.79 Å². The van der Waals surface area contributed by atoms with Gasteiger partial charge in [0.25, 0.3) is 0 Å². The molecule has 0 aromatic heterocycles. The zero-order valence-corrected chi connectivity index (χ0v) is 8.45. The molecule has 0 amide bonds. The van der Waals surface area contributed by atoms with Gasteiger partial charge in [-0.05, 0) is 25.0 Å². The predicted octanol–water partition coefficient (Wildman–Crippen LogP) is 2.71. The number of carbonyl (C=O) groups is 1. The molecule has 0 aliphatic carbocycles. The molecule has 0 aromatic rings. The molecule has 0 radical (unpaired) electrons. The van der Waals surface area contributed by atoms with Crippen LogP contribution in [0.25, 0.3) is 0 Å². The minimum atomic E-state index is 0.159. The van der Waals surface area contributed by atoms with Crippen LogP contribution in [0.15, 0.2) is 47.6 Å². The molecule has 0 aromatic carbocycles. The first-order valence-electron chi connectivity index (χ1n) is 4.23. The van der Waals surface area contributed by atoms with Crippen LogP contribution in [-0.2, 0) is 4.79 Å². The smallest absolute Gasteiger partial charge is 0.160 e. The highest BCUT2D eigenvalue weighted by Crippen LogP contribution is 2.14. The highest BCUT2D eigenvalue weighted by Gasteiger charge is 2.02. The molecule has 0 bridgehead atoms. The summed E-state index contributed by atoms with van der Waals surface area (Å²) in [5.41, 5.74) is 1.70. The number of allylic oxidation sites excluding steroid dienone is 7. The molecule has 0 unspecified atom stereocenters. The van der Waals surface area contributed by atoms with Crippen LogP contribution in [0.5, 0.6) is 0 Å². The van der Waals surface area contributed by atoms with Crippen LogP contribution in [0.1, 0.15) is 13.8 Å². The Morgan fingerprint density at radius 1 is 1.50 bits per heavy atom. The zero-order chi connectivity index (χ0) is 11.0. The van der Waals surface area contributed by atoms with Crippen molar-refractivity contribution in [2.24, 2.45) is 0 Å². The normalized spacial score (nSPS) is 13.4. The lowest BCUT2D eigenvalue weighted by atomic mass is 10.0. The van der Waals surface area contributed by atoms with Gasteiger partial charge in [0.1, 0.15) is 6.07 Å². The van der Waals surface area contributed by atoms with Crippen molar-refractivity contribution in [3.05, 3.63) is 47.6 Å². The van der Waals surface area contributed by atoms with Crippen LogP contribution in [0.4, 0.5) is 0 Å². The number of nitrogens with zero attached hydrogens (tertiary/aromatic N) is 1. The van der Waals surface area contributed by atoms with Gasteiger partial charge in [-0.3, -0.25) is 4.79 Å². The monoisotopic (exact) mass is 187 g/mol.